The van der Waals surface area contributed by atoms with Gasteiger partial charge in [-0.15, -0.1) is 0 Å². The van der Waals surface area contributed by atoms with Gasteiger partial charge in [0.15, 0.2) is 0 Å². The Labute approximate surface area is 237 Å². The number of rotatable bonds is 2. The molecule has 9 rings (SSSR count). The smallest absolute Gasteiger partial charge is 0.0616 e. The Morgan fingerprint density at radius 2 is 0.975 bits per heavy atom. The minimum absolute atomic E-state index is 0.393. The third-order valence-electron chi connectivity index (χ3n) is 8.37. The monoisotopic (exact) mass is 573 g/mol. The van der Waals surface area contributed by atoms with E-state index < -0.39 is 0 Å². The van der Waals surface area contributed by atoms with Gasteiger partial charge in [0.25, 0.3) is 0 Å². The number of nitrogens with zero attached hydrogens (tertiary/aromatic N) is 1. The molecule has 9 aromatic rings. The van der Waals surface area contributed by atoms with Gasteiger partial charge in [0.1, 0.15) is 0 Å². The summed E-state index contributed by atoms with van der Waals surface area (Å²) < 4.78 is 5.44. The van der Waals surface area contributed by atoms with Crippen LogP contribution < -0.4 is 0 Å². The SMILES string of the molecule is c1ccc2c(c1)cc(-n1c3ccccc3c3cc(-c4ccc5[se]c6ccccc6c5c4)ccc31)c1ccccc12. The van der Waals surface area contributed by atoms with Crippen LogP contribution in [0, 0.1) is 0 Å². The van der Waals surface area contributed by atoms with Crippen LogP contribution in [0.3, 0.4) is 0 Å². The summed E-state index contributed by atoms with van der Waals surface area (Å²) in [6.07, 6.45) is 0. The molecule has 7 aromatic carbocycles. The molecule has 0 saturated heterocycles. The molecule has 0 aliphatic heterocycles. The number of hydrogen-bond donors (Lipinski definition) is 0. The number of aromatic nitrogens is 1. The Morgan fingerprint density at radius 1 is 0.375 bits per heavy atom. The molecule has 0 bridgehead atoms. The summed E-state index contributed by atoms with van der Waals surface area (Å²) in [5, 5.41) is 10.5. The van der Waals surface area contributed by atoms with Gasteiger partial charge >= 0.3 is 190 Å². The molecule has 1 nitrogen and oxygen atoms in total. The molecule has 0 atom stereocenters. The van der Waals surface area contributed by atoms with Crippen LogP contribution in [0.1, 0.15) is 0 Å². The van der Waals surface area contributed by atoms with E-state index in [9.17, 15) is 0 Å². The summed E-state index contributed by atoms with van der Waals surface area (Å²) >= 11 is 0.393. The van der Waals surface area contributed by atoms with E-state index >= 15 is 0 Å². The van der Waals surface area contributed by atoms with Crippen molar-refractivity contribution in [3.63, 3.8) is 0 Å². The molecule has 186 valence electrons. The van der Waals surface area contributed by atoms with Crippen molar-refractivity contribution in [3.05, 3.63) is 140 Å². The third kappa shape index (κ3) is 3.15. The van der Waals surface area contributed by atoms with Crippen molar-refractivity contribution in [3.8, 4) is 16.8 Å². The molecule has 0 N–H and O–H groups in total. The summed E-state index contributed by atoms with van der Waals surface area (Å²) in [6, 6.07) is 51.7. The molecule has 0 aliphatic rings. The number of fused-ring (bicyclic) bond motifs is 9. The molecule has 0 radical (unpaired) electrons. The molecule has 2 heteroatoms. The van der Waals surface area contributed by atoms with E-state index in [1.54, 1.807) is 0 Å². The molecule has 0 amide bonds. The number of benzene rings is 7. The molecular weight excluding hydrogens is 549 g/mol. The second-order valence-electron chi connectivity index (χ2n) is 10.6. The fourth-order valence-electron chi connectivity index (χ4n) is 6.54. The van der Waals surface area contributed by atoms with Gasteiger partial charge in [0, 0.05) is 0 Å². The van der Waals surface area contributed by atoms with Gasteiger partial charge in [0.2, 0.25) is 0 Å². The molecule has 0 saturated carbocycles. The second-order valence-corrected chi connectivity index (χ2v) is 12.8. The van der Waals surface area contributed by atoms with E-state index in [1.807, 2.05) is 0 Å². The molecule has 2 aromatic heterocycles. The summed E-state index contributed by atoms with van der Waals surface area (Å²) in [5.74, 6) is 0. The van der Waals surface area contributed by atoms with E-state index in [4.69, 9.17) is 0 Å². The molecule has 0 aliphatic carbocycles. The van der Waals surface area contributed by atoms with E-state index in [0.717, 1.165) is 0 Å². The predicted molar refractivity (Wildman–Crippen MR) is 173 cm³/mol. The Balaban J connectivity index is 1.33. The van der Waals surface area contributed by atoms with Crippen molar-refractivity contribution in [2.45, 2.75) is 0 Å². The van der Waals surface area contributed by atoms with Gasteiger partial charge in [-0.2, -0.15) is 0 Å². The van der Waals surface area contributed by atoms with Crippen molar-refractivity contribution in [2.24, 2.45) is 0 Å². The standard InChI is InChI=1S/C38H23NSe/c1-2-10-27-26(9-1)23-36(29-12-4-3-11-28(27)29)39-34-15-7-5-13-30(34)32-21-24(17-19-35(32)39)25-18-20-38-33(22-25)31-14-6-8-16-37(31)40-38/h1-23H. The van der Waals surface area contributed by atoms with Gasteiger partial charge < -0.3 is 0 Å². The molecule has 40 heavy (non-hydrogen) atoms. The molecular formula is C38H23NSe. The zero-order valence-electron chi connectivity index (χ0n) is 21.6. The van der Waals surface area contributed by atoms with Crippen LogP contribution >= 0.6 is 0 Å². The average molecular weight is 573 g/mol. The summed E-state index contributed by atoms with van der Waals surface area (Å²) in [6.45, 7) is 0. The van der Waals surface area contributed by atoms with Gasteiger partial charge in [-0.05, 0) is 5.39 Å². The van der Waals surface area contributed by atoms with E-state index in [-0.39, 0.29) is 0 Å². The first-order chi connectivity index (χ1) is 19.8. The first-order valence-electron chi connectivity index (χ1n) is 13.7. The van der Waals surface area contributed by atoms with Crippen molar-refractivity contribution < 1.29 is 0 Å². The molecule has 0 spiro atoms. The molecule has 0 fully saturated rings. The van der Waals surface area contributed by atoms with Gasteiger partial charge in [-0.1, -0.05) is 42.5 Å². The molecule has 2 heterocycles. The van der Waals surface area contributed by atoms with Crippen molar-refractivity contribution in [1.29, 1.82) is 0 Å². The van der Waals surface area contributed by atoms with Crippen LogP contribution in [0.5, 0.6) is 0 Å². The van der Waals surface area contributed by atoms with Gasteiger partial charge in [0.05, 0.1) is 0 Å². The maximum atomic E-state index is 2.46. The van der Waals surface area contributed by atoms with Crippen LogP contribution in [0.2, 0.25) is 0 Å². The third-order valence-corrected chi connectivity index (χ3v) is 10.8. The van der Waals surface area contributed by atoms with E-state index in [0.29, 0.717) is 14.5 Å². The average Bonchev–Trinajstić information content (AvgIpc) is 3.55. The Bertz CT molecular complexity index is 2440. The Kier molecular flexibility index (Phi) is 4.69. The van der Waals surface area contributed by atoms with Crippen molar-refractivity contribution in [1.82, 2.24) is 4.57 Å². The Morgan fingerprint density at radius 3 is 1.85 bits per heavy atom. The van der Waals surface area contributed by atoms with Crippen LogP contribution in [-0.2, 0) is 0 Å². The first-order valence-corrected chi connectivity index (χ1v) is 15.4. The van der Waals surface area contributed by atoms with Crippen LogP contribution in [0.4, 0.5) is 0 Å². The quantitative estimate of drug-likeness (QED) is 0.144. The minimum Gasteiger partial charge on any atom is -0.0616 e. The maximum absolute atomic E-state index is 2.46. The number of hydrogen-bond acceptors (Lipinski definition) is 0. The van der Waals surface area contributed by atoms with Crippen molar-refractivity contribution in [2.75, 3.05) is 0 Å². The van der Waals surface area contributed by atoms with Crippen molar-refractivity contribution >= 4 is 77.1 Å². The summed E-state index contributed by atoms with van der Waals surface area (Å²) in [4.78, 5) is 0. The topological polar surface area (TPSA) is 4.93 Å². The zero-order valence-corrected chi connectivity index (χ0v) is 23.3. The van der Waals surface area contributed by atoms with Gasteiger partial charge in [-0.25, -0.2) is 0 Å². The van der Waals surface area contributed by atoms with E-state index in [1.165, 1.54) is 79.5 Å². The minimum atomic E-state index is 0.393. The fraction of sp³-hybridized carbons (Fsp3) is 0. The molecule has 0 unspecified atom stereocenters. The fourth-order valence-corrected chi connectivity index (χ4v) is 8.82. The first kappa shape index (κ1) is 22.2. The normalized spacial score (nSPS) is 12.0. The van der Waals surface area contributed by atoms with Crippen LogP contribution in [0.15, 0.2) is 140 Å². The second kappa shape index (κ2) is 8.44. The predicted octanol–water partition coefficient (Wildman–Crippen LogP) is 10.1. The number of para-hydroxylation sites is 1. The van der Waals surface area contributed by atoms with E-state index in [2.05, 4.69) is 144 Å². The summed E-state index contributed by atoms with van der Waals surface area (Å²) in [5.41, 5.74) is 6.24. The zero-order chi connectivity index (χ0) is 26.2. The van der Waals surface area contributed by atoms with Gasteiger partial charge in [-0.3, -0.25) is 0 Å². The van der Waals surface area contributed by atoms with Crippen LogP contribution in [0.25, 0.3) is 79.5 Å². The summed E-state index contributed by atoms with van der Waals surface area (Å²) in [7, 11) is 0. The van der Waals surface area contributed by atoms with Crippen LogP contribution in [-0.4, -0.2) is 19.1 Å². The Hall–Kier alpha value is -4.62.